The Morgan fingerprint density at radius 2 is 1.21 bits per heavy atom. The Morgan fingerprint density at radius 1 is 0.750 bits per heavy atom. The van der Waals surface area contributed by atoms with Crippen LogP contribution >= 0.6 is 0 Å². The number of carbonyl (C=O) groups excluding carboxylic acids is 3. The summed E-state index contributed by atoms with van der Waals surface area (Å²) in [6, 6.07) is 0. The number of piperidine rings is 1. The fraction of sp³-hybridized carbons (Fsp3) is 0.280. The number of amides is 3. The van der Waals surface area contributed by atoms with Crippen molar-refractivity contribution in [3.8, 4) is 57.4 Å². The van der Waals surface area contributed by atoms with Crippen LogP contribution in [0.2, 0.25) is 0 Å². The van der Waals surface area contributed by atoms with Crippen LogP contribution < -0.4 is 20.3 Å². The molecule has 0 bridgehead atoms. The molecule has 2 aliphatic rings. The Morgan fingerprint density at radius 3 is 1.65 bits per heavy atom. The molecule has 0 atom stereocenters. The number of fused-ring (bicyclic) bond motifs is 1. The van der Waals surface area contributed by atoms with Crippen LogP contribution in [0.5, 0.6) is 51.7 Å². The quantitative estimate of drug-likeness (QED) is 0.0696. The summed E-state index contributed by atoms with van der Waals surface area (Å²) in [6.45, 7) is 0. The lowest BCUT2D eigenvalue weighted by molar-refractivity contribution is -0.364. The predicted molar refractivity (Wildman–Crippen MR) is 147 cm³/mol. The van der Waals surface area contributed by atoms with Crippen LogP contribution in [0.1, 0.15) is 45.8 Å². The number of methoxy groups -OCH3 is 1. The van der Waals surface area contributed by atoms with Crippen molar-refractivity contribution in [2.45, 2.75) is 36.9 Å². The number of hydrogen-bond donors (Lipinski definition) is 15. The number of anilines is 2. The van der Waals surface area contributed by atoms with Crippen molar-refractivity contribution in [1.29, 1.82) is 0 Å². The van der Waals surface area contributed by atoms with Crippen molar-refractivity contribution in [3.63, 3.8) is 0 Å². The molecule has 2 aromatic carbocycles. The second kappa shape index (κ2) is 10.3. The molecule has 16 N–H and O–H groups in total. The normalized spacial score (nSPS) is 18.1. The number of nitrogens with two attached hydrogens (primary N) is 1. The van der Waals surface area contributed by atoms with E-state index in [1.807, 2.05) is 0 Å². The molecule has 0 radical (unpaired) electrons. The molecule has 1 aromatic heterocycles. The van der Waals surface area contributed by atoms with Crippen molar-refractivity contribution in [3.05, 3.63) is 17.0 Å². The molecule has 3 heterocycles. The van der Waals surface area contributed by atoms with Crippen molar-refractivity contribution in [2.24, 2.45) is 5.73 Å². The maximum Gasteiger partial charge on any atom is 0.315 e. The number of phenolic OH excluding ortho intramolecular Hbond substituents is 8. The fourth-order valence-corrected chi connectivity index (χ4v) is 5.47. The monoisotopic (exact) mass is 683 g/mol. The van der Waals surface area contributed by atoms with Crippen LogP contribution in [0.3, 0.4) is 0 Å². The lowest BCUT2D eigenvalue weighted by Crippen LogP contribution is -2.68. The highest BCUT2D eigenvalue weighted by Gasteiger charge is 2.65. The number of ether oxygens (including phenoxy) is 1. The van der Waals surface area contributed by atoms with E-state index in [0.29, 0.717) is 0 Å². The molecule has 0 unspecified atom stereocenters. The third-order valence-electron chi connectivity index (χ3n) is 7.70. The van der Waals surface area contributed by atoms with E-state index in [1.165, 1.54) is 0 Å². The number of benzene rings is 2. The summed E-state index contributed by atoms with van der Waals surface area (Å²) in [7, 11) is 0.876. The molecule has 23 nitrogen and oxygen atoms in total. The Balaban J connectivity index is 1.87. The molecular weight excluding hydrogens is 658 g/mol. The van der Waals surface area contributed by atoms with Crippen LogP contribution in [0.25, 0.3) is 5.69 Å². The standard InChI is InChI=1S/C25H25N5O18/c1-48-20-18(38)16(36)11(17(37)19(20)39)30-8-6(7(27-30)21(26)40)24(44,45)25(46,47)29(22(8)41)10-14(34)12(32)9(13(33)15(10)35)28-5(31)3-2-4-23(28,42)43/h32-39,42-47H,2-4H2,1H3,(H2,26,40). The second-order valence-corrected chi connectivity index (χ2v) is 10.5. The molecule has 5 rings (SSSR count). The largest absolute Gasteiger partial charge is 0.503 e. The van der Waals surface area contributed by atoms with E-state index < -0.39 is 139 Å². The Kier molecular flexibility index (Phi) is 7.14. The van der Waals surface area contributed by atoms with Gasteiger partial charge < -0.3 is 82.0 Å². The third-order valence-corrected chi connectivity index (χ3v) is 7.70. The van der Waals surface area contributed by atoms with Gasteiger partial charge in [0, 0.05) is 12.8 Å². The van der Waals surface area contributed by atoms with Crippen LogP contribution in [-0.2, 0) is 10.6 Å². The number of rotatable bonds is 5. The molecule has 48 heavy (non-hydrogen) atoms. The van der Waals surface area contributed by atoms with Gasteiger partial charge in [-0.3, -0.25) is 19.3 Å². The smallest absolute Gasteiger partial charge is 0.315 e. The van der Waals surface area contributed by atoms with E-state index >= 15 is 0 Å². The Hall–Kier alpha value is -5.98. The topological polar surface area (TPSA) is 394 Å². The first kappa shape index (κ1) is 33.4. The van der Waals surface area contributed by atoms with Crippen LogP contribution in [0.4, 0.5) is 11.4 Å². The van der Waals surface area contributed by atoms with Gasteiger partial charge in [-0.15, -0.1) is 0 Å². The van der Waals surface area contributed by atoms with Gasteiger partial charge in [0.1, 0.15) is 17.1 Å². The maximum absolute atomic E-state index is 14.1. The molecule has 2 aliphatic heterocycles. The van der Waals surface area contributed by atoms with Crippen molar-refractivity contribution in [2.75, 3.05) is 16.9 Å². The van der Waals surface area contributed by atoms with Gasteiger partial charge in [0.2, 0.25) is 23.2 Å². The summed E-state index contributed by atoms with van der Waals surface area (Å²) in [5, 5.41) is 154. The Bertz CT molecular complexity index is 1890. The zero-order valence-electron chi connectivity index (χ0n) is 23.9. The van der Waals surface area contributed by atoms with Gasteiger partial charge in [-0.2, -0.15) is 5.10 Å². The number of phenols is 8. The number of carbonyl (C=O) groups is 3. The molecule has 3 aromatic rings. The number of hydrogen-bond acceptors (Lipinski definition) is 19. The number of nitrogens with zero attached hydrogens (tertiary/aromatic N) is 4. The minimum atomic E-state index is -4.57. The summed E-state index contributed by atoms with van der Waals surface area (Å²) < 4.78 is 4.59. The predicted octanol–water partition coefficient (Wildman–Crippen LogP) is -3.78. The Labute approximate surface area is 263 Å². The summed E-state index contributed by atoms with van der Waals surface area (Å²) in [6.07, 6.45) is -1.09. The SMILES string of the molecule is COc1c(O)c(O)c(-n2nc(C(N)=O)c3c2C(=O)N(c2c(O)c(O)c(N4C(=O)CCCC4(O)O)c(O)c2O)C(O)(O)C3(O)O)c(O)c1O. The average molecular weight is 683 g/mol. The molecular formula is C25H25N5O18. The summed E-state index contributed by atoms with van der Waals surface area (Å²) in [5.74, 6) is -30.9. The summed E-state index contributed by atoms with van der Waals surface area (Å²) in [4.78, 5) is 38.2. The molecule has 0 saturated carbocycles. The minimum absolute atomic E-state index is 0.0452. The van der Waals surface area contributed by atoms with Gasteiger partial charge in [-0.1, -0.05) is 0 Å². The number of aromatic hydroxyl groups is 8. The zero-order chi connectivity index (χ0) is 36.2. The minimum Gasteiger partial charge on any atom is -0.503 e. The first-order valence-corrected chi connectivity index (χ1v) is 13.1. The van der Waals surface area contributed by atoms with E-state index in [0.717, 1.165) is 7.11 Å². The van der Waals surface area contributed by atoms with Crippen LogP contribution in [0.15, 0.2) is 0 Å². The highest BCUT2D eigenvalue weighted by Crippen LogP contribution is 2.60. The van der Waals surface area contributed by atoms with Gasteiger partial charge in [-0.25, -0.2) is 9.58 Å². The van der Waals surface area contributed by atoms with Gasteiger partial charge in [-0.05, 0) is 6.42 Å². The first-order valence-electron chi connectivity index (χ1n) is 13.1. The molecule has 1 fully saturated rings. The molecule has 258 valence electrons. The highest BCUT2D eigenvalue weighted by molar-refractivity contribution is 6.13. The van der Waals surface area contributed by atoms with E-state index in [1.54, 1.807) is 0 Å². The van der Waals surface area contributed by atoms with Gasteiger partial charge >= 0.3 is 5.91 Å². The number of aliphatic hydroxyl groups is 6. The van der Waals surface area contributed by atoms with Gasteiger partial charge in [0.25, 0.3) is 23.5 Å². The molecule has 3 amide bonds. The van der Waals surface area contributed by atoms with Crippen LogP contribution in [-0.4, -0.2) is 118 Å². The van der Waals surface area contributed by atoms with E-state index in [9.17, 15) is 85.9 Å². The molecule has 0 spiro atoms. The molecule has 0 aliphatic carbocycles. The van der Waals surface area contributed by atoms with E-state index in [4.69, 9.17) is 5.73 Å². The maximum atomic E-state index is 14.1. The average Bonchev–Trinajstić information content (AvgIpc) is 3.39. The zero-order valence-corrected chi connectivity index (χ0v) is 23.9. The van der Waals surface area contributed by atoms with E-state index in [2.05, 4.69) is 9.84 Å². The lowest BCUT2D eigenvalue weighted by atomic mass is 9.91. The number of primary amides is 1. The van der Waals surface area contributed by atoms with Crippen LogP contribution in [0, 0.1) is 0 Å². The third kappa shape index (κ3) is 4.09. The molecule has 23 heteroatoms. The lowest BCUT2D eigenvalue weighted by Gasteiger charge is -2.46. The van der Waals surface area contributed by atoms with Crippen molar-refractivity contribution >= 4 is 29.1 Å². The van der Waals surface area contributed by atoms with Crippen molar-refractivity contribution < 1.29 is 90.6 Å². The highest BCUT2D eigenvalue weighted by atomic mass is 16.6. The summed E-state index contributed by atoms with van der Waals surface area (Å²) in [5.41, 5.74) is -3.70. The van der Waals surface area contributed by atoms with Gasteiger partial charge in [0.15, 0.2) is 45.9 Å². The summed E-state index contributed by atoms with van der Waals surface area (Å²) >= 11 is 0. The number of aromatic nitrogens is 2. The fourth-order valence-electron chi connectivity index (χ4n) is 5.47. The first-order chi connectivity index (χ1) is 22.1. The molecule has 1 saturated heterocycles. The van der Waals surface area contributed by atoms with Crippen molar-refractivity contribution in [1.82, 2.24) is 9.78 Å². The van der Waals surface area contributed by atoms with E-state index in [-0.39, 0.29) is 16.0 Å². The second-order valence-electron chi connectivity index (χ2n) is 10.5. The van der Waals surface area contributed by atoms with Gasteiger partial charge in [0.05, 0.1) is 12.7 Å².